The Kier molecular flexibility index (Phi) is 4.19. The minimum Gasteiger partial charge on any atom is -0.346 e. The second-order valence-electron chi connectivity index (χ2n) is 5.99. The number of rotatable bonds is 4. The Morgan fingerprint density at radius 3 is 2.65 bits per heavy atom. The van der Waals surface area contributed by atoms with Crippen LogP contribution in [0.15, 0.2) is 73.1 Å². The van der Waals surface area contributed by atoms with E-state index in [0.717, 1.165) is 22.2 Å². The number of aromatic amines is 1. The van der Waals surface area contributed by atoms with Crippen LogP contribution in [0.5, 0.6) is 0 Å². The number of amides is 1. The van der Waals surface area contributed by atoms with Crippen LogP contribution in [0.25, 0.3) is 22.2 Å². The molecule has 5 heteroatoms. The zero-order valence-corrected chi connectivity index (χ0v) is 13.9. The Morgan fingerprint density at radius 2 is 1.85 bits per heavy atom. The van der Waals surface area contributed by atoms with Gasteiger partial charge in [0, 0.05) is 23.5 Å². The molecule has 2 aromatic heterocycles. The quantitative estimate of drug-likeness (QED) is 0.570. The lowest BCUT2D eigenvalue weighted by molar-refractivity contribution is -0.115. The van der Waals surface area contributed by atoms with Gasteiger partial charge in [0.2, 0.25) is 5.91 Å². The highest BCUT2D eigenvalue weighted by Gasteiger charge is 2.09. The number of H-pyrrole nitrogens is 1. The van der Waals surface area contributed by atoms with Crippen molar-refractivity contribution in [3.8, 4) is 11.1 Å². The summed E-state index contributed by atoms with van der Waals surface area (Å²) < 4.78 is 13.6. The first-order chi connectivity index (χ1) is 12.7. The maximum Gasteiger partial charge on any atom is 0.228 e. The SMILES string of the molecule is O=C(Cc1ccccc1F)Nc1ccc(-c2ccnc3[nH]ccc23)cc1. The van der Waals surface area contributed by atoms with E-state index >= 15 is 0 Å². The van der Waals surface area contributed by atoms with Crippen molar-refractivity contribution < 1.29 is 9.18 Å². The van der Waals surface area contributed by atoms with Crippen LogP contribution >= 0.6 is 0 Å². The van der Waals surface area contributed by atoms with Gasteiger partial charge in [0.1, 0.15) is 11.5 Å². The number of pyridine rings is 1. The van der Waals surface area contributed by atoms with Crippen LogP contribution in [0.4, 0.5) is 10.1 Å². The number of anilines is 1. The van der Waals surface area contributed by atoms with Gasteiger partial charge in [0.05, 0.1) is 6.42 Å². The Bertz CT molecular complexity index is 1070. The highest BCUT2D eigenvalue weighted by molar-refractivity contribution is 5.95. The summed E-state index contributed by atoms with van der Waals surface area (Å²) in [6.07, 6.45) is 3.62. The fraction of sp³-hybridized carbons (Fsp3) is 0.0476. The maximum absolute atomic E-state index is 13.6. The number of hydrogen-bond acceptors (Lipinski definition) is 2. The molecule has 0 aliphatic rings. The number of halogens is 1. The number of carbonyl (C=O) groups excluding carboxylic acids is 1. The van der Waals surface area contributed by atoms with Crippen molar-refractivity contribution in [2.45, 2.75) is 6.42 Å². The molecule has 4 nitrogen and oxygen atoms in total. The fourth-order valence-electron chi connectivity index (χ4n) is 2.97. The Hall–Kier alpha value is -3.47. The summed E-state index contributed by atoms with van der Waals surface area (Å²) in [5.41, 5.74) is 4.00. The third kappa shape index (κ3) is 3.19. The predicted octanol–water partition coefficient (Wildman–Crippen LogP) is 4.55. The number of carbonyl (C=O) groups is 1. The average molecular weight is 345 g/mol. The van der Waals surface area contributed by atoms with Gasteiger partial charge in [-0.05, 0) is 47.0 Å². The third-order valence-corrected chi connectivity index (χ3v) is 4.25. The fourth-order valence-corrected chi connectivity index (χ4v) is 2.97. The standard InChI is InChI=1S/C21H16FN3O/c22-19-4-2-1-3-15(19)13-20(26)25-16-7-5-14(6-8-16)17-9-11-23-21-18(17)10-12-24-21/h1-12H,13H2,(H,23,24)(H,25,26). The molecule has 0 bridgehead atoms. The summed E-state index contributed by atoms with van der Waals surface area (Å²) in [7, 11) is 0. The molecule has 0 saturated carbocycles. The van der Waals surface area contributed by atoms with E-state index in [1.54, 1.807) is 24.4 Å². The molecule has 1 amide bonds. The van der Waals surface area contributed by atoms with E-state index in [2.05, 4.69) is 15.3 Å². The molecule has 26 heavy (non-hydrogen) atoms. The van der Waals surface area contributed by atoms with Crippen molar-refractivity contribution in [3.63, 3.8) is 0 Å². The van der Waals surface area contributed by atoms with E-state index in [0.29, 0.717) is 11.3 Å². The van der Waals surface area contributed by atoms with Crippen LogP contribution in [-0.4, -0.2) is 15.9 Å². The molecule has 0 aliphatic heterocycles. The minimum absolute atomic E-state index is 0.00273. The van der Waals surface area contributed by atoms with Crippen LogP contribution in [-0.2, 0) is 11.2 Å². The molecule has 0 spiro atoms. The van der Waals surface area contributed by atoms with Crippen LogP contribution in [0.1, 0.15) is 5.56 Å². The van der Waals surface area contributed by atoms with Gasteiger partial charge < -0.3 is 10.3 Å². The molecule has 0 atom stereocenters. The van der Waals surface area contributed by atoms with Crippen LogP contribution in [0.2, 0.25) is 0 Å². The topological polar surface area (TPSA) is 57.8 Å². The number of hydrogen-bond donors (Lipinski definition) is 2. The molecule has 128 valence electrons. The summed E-state index contributed by atoms with van der Waals surface area (Å²) in [6, 6.07) is 17.8. The monoisotopic (exact) mass is 345 g/mol. The van der Waals surface area contributed by atoms with Crippen molar-refractivity contribution in [1.29, 1.82) is 0 Å². The molecule has 2 aromatic carbocycles. The van der Waals surface area contributed by atoms with Crippen molar-refractivity contribution in [3.05, 3.63) is 84.4 Å². The summed E-state index contributed by atoms with van der Waals surface area (Å²) >= 11 is 0. The Morgan fingerprint density at radius 1 is 1.04 bits per heavy atom. The minimum atomic E-state index is -0.369. The number of nitrogens with one attached hydrogen (secondary N) is 2. The zero-order chi connectivity index (χ0) is 17.9. The van der Waals surface area contributed by atoms with E-state index in [1.165, 1.54) is 6.07 Å². The predicted molar refractivity (Wildman–Crippen MR) is 100 cm³/mol. The van der Waals surface area contributed by atoms with Gasteiger partial charge in [0.15, 0.2) is 0 Å². The van der Waals surface area contributed by atoms with Gasteiger partial charge in [-0.25, -0.2) is 9.37 Å². The molecule has 2 N–H and O–H groups in total. The second kappa shape index (κ2) is 6.80. The van der Waals surface area contributed by atoms with Crippen LogP contribution in [0.3, 0.4) is 0 Å². The number of fused-ring (bicyclic) bond motifs is 1. The van der Waals surface area contributed by atoms with Gasteiger partial charge in [-0.2, -0.15) is 0 Å². The van der Waals surface area contributed by atoms with E-state index in [-0.39, 0.29) is 18.1 Å². The van der Waals surface area contributed by atoms with Gasteiger partial charge in [-0.3, -0.25) is 4.79 Å². The van der Waals surface area contributed by atoms with Crippen molar-refractivity contribution >= 4 is 22.6 Å². The van der Waals surface area contributed by atoms with Gasteiger partial charge in [0.25, 0.3) is 0 Å². The third-order valence-electron chi connectivity index (χ3n) is 4.25. The van der Waals surface area contributed by atoms with E-state index in [4.69, 9.17) is 0 Å². The highest BCUT2D eigenvalue weighted by atomic mass is 19.1. The molecule has 0 unspecified atom stereocenters. The summed E-state index contributed by atoms with van der Waals surface area (Å²) in [6.45, 7) is 0. The summed E-state index contributed by atoms with van der Waals surface area (Å²) in [4.78, 5) is 19.5. The summed E-state index contributed by atoms with van der Waals surface area (Å²) in [5.74, 6) is -0.619. The van der Waals surface area contributed by atoms with Crippen molar-refractivity contribution in [1.82, 2.24) is 9.97 Å². The zero-order valence-electron chi connectivity index (χ0n) is 13.9. The highest BCUT2D eigenvalue weighted by Crippen LogP contribution is 2.27. The van der Waals surface area contributed by atoms with E-state index in [1.807, 2.05) is 42.6 Å². The molecule has 0 saturated heterocycles. The summed E-state index contributed by atoms with van der Waals surface area (Å²) in [5, 5.41) is 3.85. The van der Waals surface area contributed by atoms with E-state index in [9.17, 15) is 9.18 Å². The van der Waals surface area contributed by atoms with Gasteiger partial charge in [-0.1, -0.05) is 30.3 Å². The lowest BCUT2D eigenvalue weighted by Crippen LogP contribution is -2.15. The number of aromatic nitrogens is 2. The van der Waals surface area contributed by atoms with Gasteiger partial charge >= 0.3 is 0 Å². The van der Waals surface area contributed by atoms with Crippen LogP contribution < -0.4 is 5.32 Å². The lowest BCUT2D eigenvalue weighted by Gasteiger charge is -2.08. The maximum atomic E-state index is 13.6. The van der Waals surface area contributed by atoms with E-state index < -0.39 is 0 Å². The second-order valence-corrected chi connectivity index (χ2v) is 5.99. The Balaban J connectivity index is 1.50. The smallest absolute Gasteiger partial charge is 0.228 e. The van der Waals surface area contributed by atoms with Crippen LogP contribution in [0, 0.1) is 5.82 Å². The molecular formula is C21H16FN3O. The molecule has 4 rings (SSSR count). The van der Waals surface area contributed by atoms with Gasteiger partial charge in [-0.15, -0.1) is 0 Å². The first kappa shape index (κ1) is 16.0. The molecule has 0 radical (unpaired) electrons. The first-order valence-corrected chi connectivity index (χ1v) is 8.26. The largest absolute Gasteiger partial charge is 0.346 e. The molecule has 0 aliphatic carbocycles. The number of nitrogens with zero attached hydrogens (tertiary/aromatic N) is 1. The lowest BCUT2D eigenvalue weighted by atomic mass is 10.0. The Labute approximate surface area is 149 Å². The number of benzene rings is 2. The average Bonchev–Trinajstić information content (AvgIpc) is 3.13. The molecule has 0 fully saturated rings. The normalized spacial score (nSPS) is 10.8. The first-order valence-electron chi connectivity index (χ1n) is 8.26. The van der Waals surface area contributed by atoms with Crippen molar-refractivity contribution in [2.24, 2.45) is 0 Å². The van der Waals surface area contributed by atoms with Crippen molar-refractivity contribution in [2.75, 3.05) is 5.32 Å². The molecule has 2 heterocycles. The molecular weight excluding hydrogens is 329 g/mol. The molecule has 4 aromatic rings.